The number of carbonyl (C=O) groups is 2. The third-order valence-corrected chi connectivity index (χ3v) is 3.84. The Morgan fingerprint density at radius 2 is 1.92 bits per heavy atom. The standard InChI is InChI=1S/C17H26N2O4S/c1-17(2,3)23-16(21)19-14(12-24-10-9-18)15(20)22-11-13-7-5-4-6-8-13/h4-8,14H,9-12,18H2,1-3H3,(H,19,21)/t14-/m0/s1. The van der Waals surface area contributed by atoms with E-state index in [-0.39, 0.29) is 6.61 Å². The summed E-state index contributed by atoms with van der Waals surface area (Å²) in [5, 5.41) is 2.57. The molecule has 0 radical (unpaired) electrons. The van der Waals surface area contributed by atoms with E-state index in [0.717, 1.165) is 5.56 Å². The van der Waals surface area contributed by atoms with Gasteiger partial charge in [0.15, 0.2) is 0 Å². The monoisotopic (exact) mass is 354 g/mol. The number of rotatable bonds is 8. The number of nitrogens with one attached hydrogen (secondary N) is 1. The summed E-state index contributed by atoms with van der Waals surface area (Å²) in [6.07, 6.45) is -0.641. The summed E-state index contributed by atoms with van der Waals surface area (Å²) < 4.78 is 10.5. The van der Waals surface area contributed by atoms with Crippen LogP contribution in [-0.4, -0.2) is 41.8 Å². The number of alkyl carbamates (subject to hydrolysis) is 1. The molecule has 0 fully saturated rings. The Morgan fingerprint density at radius 1 is 1.25 bits per heavy atom. The van der Waals surface area contributed by atoms with Crippen LogP contribution in [0.25, 0.3) is 0 Å². The number of thioether (sulfide) groups is 1. The van der Waals surface area contributed by atoms with Crippen LogP contribution in [0.2, 0.25) is 0 Å². The fourth-order valence-corrected chi connectivity index (χ4v) is 2.52. The summed E-state index contributed by atoms with van der Waals surface area (Å²) in [6, 6.07) is 8.59. The van der Waals surface area contributed by atoms with Gasteiger partial charge in [0.25, 0.3) is 0 Å². The molecule has 0 unspecified atom stereocenters. The van der Waals surface area contributed by atoms with Crippen LogP contribution in [0, 0.1) is 0 Å². The van der Waals surface area contributed by atoms with Crippen molar-refractivity contribution in [2.24, 2.45) is 5.73 Å². The minimum absolute atomic E-state index is 0.160. The van der Waals surface area contributed by atoms with Crippen molar-refractivity contribution in [3.05, 3.63) is 35.9 Å². The van der Waals surface area contributed by atoms with Gasteiger partial charge in [-0.3, -0.25) is 0 Å². The van der Waals surface area contributed by atoms with Crippen LogP contribution in [0.1, 0.15) is 26.3 Å². The maximum absolute atomic E-state index is 12.3. The lowest BCUT2D eigenvalue weighted by molar-refractivity contribution is -0.146. The van der Waals surface area contributed by atoms with Crippen molar-refractivity contribution < 1.29 is 19.1 Å². The molecule has 0 saturated carbocycles. The highest BCUT2D eigenvalue weighted by atomic mass is 32.2. The largest absolute Gasteiger partial charge is 0.459 e. The van der Waals surface area contributed by atoms with Crippen molar-refractivity contribution in [2.45, 2.75) is 39.0 Å². The third-order valence-electron chi connectivity index (χ3n) is 2.75. The van der Waals surface area contributed by atoms with Gasteiger partial charge in [-0.1, -0.05) is 30.3 Å². The summed E-state index contributed by atoms with van der Waals surface area (Å²) in [5.41, 5.74) is 5.71. The van der Waals surface area contributed by atoms with Crippen molar-refractivity contribution in [1.82, 2.24) is 5.32 Å². The molecular weight excluding hydrogens is 328 g/mol. The van der Waals surface area contributed by atoms with Gasteiger partial charge in [-0.05, 0) is 26.3 Å². The van der Waals surface area contributed by atoms with Crippen molar-refractivity contribution in [3.63, 3.8) is 0 Å². The Balaban J connectivity index is 2.58. The molecule has 24 heavy (non-hydrogen) atoms. The van der Waals surface area contributed by atoms with Crippen LogP contribution in [0.5, 0.6) is 0 Å². The van der Waals surface area contributed by atoms with E-state index in [1.165, 1.54) is 11.8 Å². The first-order valence-electron chi connectivity index (χ1n) is 7.79. The Morgan fingerprint density at radius 3 is 2.50 bits per heavy atom. The molecule has 1 amide bonds. The molecule has 6 nitrogen and oxygen atoms in total. The lowest BCUT2D eigenvalue weighted by Crippen LogP contribution is -2.45. The molecular formula is C17H26N2O4S. The van der Waals surface area contributed by atoms with Crippen LogP contribution in [0.4, 0.5) is 4.79 Å². The van der Waals surface area contributed by atoms with Gasteiger partial charge >= 0.3 is 12.1 Å². The number of amides is 1. The third kappa shape index (κ3) is 8.79. The van der Waals surface area contributed by atoms with Crippen LogP contribution < -0.4 is 11.1 Å². The van der Waals surface area contributed by atoms with Crippen molar-refractivity contribution in [2.75, 3.05) is 18.1 Å². The Labute approximate surface area is 147 Å². The quantitative estimate of drug-likeness (QED) is 0.550. The second kappa shape index (κ2) is 10.2. The number of nitrogens with two attached hydrogens (primary N) is 1. The molecule has 7 heteroatoms. The van der Waals surface area contributed by atoms with E-state index in [4.69, 9.17) is 15.2 Å². The van der Waals surface area contributed by atoms with Gasteiger partial charge in [-0.2, -0.15) is 11.8 Å². The van der Waals surface area contributed by atoms with E-state index in [1.54, 1.807) is 20.8 Å². The minimum atomic E-state index is -0.778. The Hall–Kier alpha value is -1.73. The van der Waals surface area contributed by atoms with Crippen LogP contribution >= 0.6 is 11.8 Å². The number of carbonyl (C=O) groups excluding carboxylic acids is 2. The topological polar surface area (TPSA) is 90.6 Å². The maximum Gasteiger partial charge on any atom is 0.408 e. The molecule has 0 aliphatic heterocycles. The first kappa shape index (κ1) is 20.3. The fraction of sp³-hybridized carbons (Fsp3) is 0.529. The maximum atomic E-state index is 12.3. The SMILES string of the molecule is CC(C)(C)OC(=O)N[C@@H](CSCCN)C(=O)OCc1ccccc1. The normalized spacial score (nSPS) is 12.3. The molecule has 1 rings (SSSR count). The van der Waals surface area contributed by atoms with Gasteiger partial charge in [-0.25, -0.2) is 9.59 Å². The molecule has 0 heterocycles. The number of benzene rings is 1. The first-order valence-corrected chi connectivity index (χ1v) is 8.95. The van der Waals surface area contributed by atoms with E-state index in [0.29, 0.717) is 18.1 Å². The summed E-state index contributed by atoms with van der Waals surface area (Å²) in [7, 11) is 0. The number of hydrogen-bond acceptors (Lipinski definition) is 6. The molecule has 0 saturated heterocycles. The smallest absolute Gasteiger partial charge is 0.408 e. The summed E-state index contributed by atoms with van der Waals surface area (Å²) in [5.74, 6) is 0.581. The van der Waals surface area contributed by atoms with E-state index in [9.17, 15) is 9.59 Å². The van der Waals surface area contributed by atoms with Gasteiger partial charge < -0.3 is 20.5 Å². The predicted molar refractivity (Wildman–Crippen MR) is 95.8 cm³/mol. The van der Waals surface area contributed by atoms with Crippen molar-refractivity contribution in [3.8, 4) is 0 Å². The van der Waals surface area contributed by atoms with Gasteiger partial charge in [0.1, 0.15) is 18.2 Å². The van der Waals surface area contributed by atoms with Gasteiger partial charge in [0.2, 0.25) is 0 Å². The van der Waals surface area contributed by atoms with E-state index >= 15 is 0 Å². The molecule has 134 valence electrons. The number of esters is 1. The van der Waals surface area contributed by atoms with Crippen LogP contribution in [0.15, 0.2) is 30.3 Å². The molecule has 0 aliphatic carbocycles. The zero-order valence-electron chi connectivity index (χ0n) is 14.4. The van der Waals surface area contributed by atoms with Crippen LogP contribution in [0.3, 0.4) is 0 Å². The van der Waals surface area contributed by atoms with Crippen molar-refractivity contribution in [1.29, 1.82) is 0 Å². The molecule has 1 aromatic carbocycles. The predicted octanol–water partition coefficient (Wildman–Crippen LogP) is 2.31. The highest BCUT2D eigenvalue weighted by Crippen LogP contribution is 2.10. The van der Waals surface area contributed by atoms with E-state index < -0.39 is 23.7 Å². The lowest BCUT2D eigenvalue weighted by Gasteiger charge is -2.22. The zero-order valence-corrected chi connectivity index (χ0v) is 15.2. The zero-order chi connectivity index (χ0) is 18.0. The first-order chi connectivity index (χ1) is 11.3. The lowest BCUT2D eigenvalue weighted by atomic mass is 10.2. The molecule has 0 bridgehead atoms. The van der Waals surface area contributed by atoms with Crippen molar-refractivity contribution >= 4 is 23.8 Å². The second-order valence-corrected chi connectivity index (χ2v) is 7.31. The molecule has 1 aromatic rings. The fourth-order valence-electron chi connectivity index (χ4n) is 1.73. The highest BCUT2D eigenvalue weighted by molar-refractivity contribution is 7.99. The van der Waals surface area contributed by atoms with Gasteiger partial charge in [0, 0.05) is 18.1 Å². The molecule has 0 aromatic heterocycles. The van der Waals surface area contributed by atoms with E-state index in [1.807, 2.05) is 30.3 Å². The molecule has 1 atom stereocenters. The number of hydrogen-bond donors (Lipinski definition) is 2. The van der Waals surface area contributed by atoms with Gasteiger partial charge in [-0.15, -0.1) is 0 Å². The molecule has 0 aliphatic rings. The average molecular weight is 354 g/mol. The Kier molecular flexibility index (Phi) is 8.63. The van der Waals surface area contributed by atoms with E-state index in [2.05, 4.69) is 5.32 Å². The number of ether oxygens (including phenoxy) is 2. The van der Waals surface area contributed by atoms with Crippen LogP contribution in [-0.2, 0) is 20.9 Å². The summed E-state index contributed by atoms with van der Waals surface area (Å²) >= 11 is 1.48. The summed E-state index contributed by atoms with van der Waals surface area (Å²) in [4.78, 5) is 24.2. The minimum Gasteiger partial charge on any atom is -0.459 e. The molecule has 0 spiro atoms. The second-order valence-electron chi connectivity index (χ2n) is 6.16. The highest BCUT2D eigenvalue weighted by Gasteiger charge is 2.25. The molecule has 3 N–H and O–H groups in total. The summed E-state index contributed by atoms with van der Waals surface area (Å²) in [6.45, 7) is 5.95. The van der Waals surface area contributed by atoms with Gasteiger partial charge in [0.05, 0.1) is 0 Å². The average Bonchev–Trinajstić information content (AvgIpc) is 2.51. The Bertz CT molecular complexity index is 517.